The second-order valence-electron chi connectivity index (χ2n) is 5.60. The number of halogens is 2. The van der Waals surface area contributed by atoms with Crippen molar-refractivity contribution in [3.05, 3.63) is 41.4 Å². The van der Waals surface area contributed by atoms with Gasteiger partial charge in [0.1, 0.15) is 12.4 Å². The zero-order valence-corrected chi connectivity index (χ0v) is 14.9. The molecule has 1 aliphatic rings. The summed E-state index contributed by atoms with van der Waals surface area (Å²) >= 11 is 0. The van der Waals surface area contributed by atoms with Gasteiger partial charge in [0, 0.05) is 5.70 Å². The summed E-state index contributed by atoms with van der Waals surface area (Å²) in [6.07, 6.45) is 1.35. The Labute approximate surface area is 153 Å². The van der Waals surface area contributed by atoms with Crippen molar-refractivity contribution < 1.29 is 27.8 Å². The number of methoxy groups -OCH3 is 1. The maximum atomic E-state index is 12.6. The molecule has 0 unspecified atom stereocenters. The van der Waals surface area contributed by atoms with Crippen LogP contribution in [0.2, 0.25) is 0 Å². The van der Waals surface area contributed by atoms with E-state index in [1.807, 2.05) is 0 Å². The molecule has 1 aromatic heterocycles. The topological polar surface area (TPSA) is 87.5 Å². The molecule has 1 aromatic carbocycles. The van der Waals surface area contributed by atoms with Crippen molar-refractivity contribution in [2.24, 2.45) is 0 Å². The summed E-state index contributed by atoms with van der Waals surface area (Å²) in [7, 11) is 1.28. The molecule has 0 bridgehead atoms. The molecule has 10 heteroatoms. The standard InChI is InChI=1S/C17H18F2N4O4/c1-4-26-12-7-10(5-6-11(12)27-16(18)19)14-13(15(24)25-3)9(2)22-17-20-8-21-23(14)17/h5-8,14,16H,4H2,1-3H3,(H,20,21,22)/t14-/m1/s1. The molecular formula is C17H18F2N4O4. The summed E-state index contributed by atoms with van der Waals surface area (Å²) < 4.78 is 41.6. The molecule has 0 radical (unpaired) electrons. The molecule has 0 aliphatic carbocycles. The monoisotopic (exact) mass is 380 g/mol. The Morgan fingerprint density at radius 3 is 2.81 bits per heavy atom. The van der Waals surface area contributed by atoms with Crippen LogP contribution in [0, 0.1) is 0 Å². The van der Waals surface area contributed by atoms with E-state index in [2.05, 4.69) is 20.1 Å². The molecule has 0 saturated heterocycles. The van der Waals surface area contributed by atoms with Crippen LogP contribution < -0.4 is 14.8 Å². The SMILES string of the molecule is CCOc1cc([C@@H]2C(C(=O)OC)=C(C)Nc3ncnn32)ccc1OC(F)F. The number of fused-ring (bicyclic) bond motifs is 1. The van der Waals surface area contributed by atoms with Gasteiger partial charge in [0.15, 0.2) is 11.5 Å². The van der Waals surface area contributed by atoms with E-state index in [0.717, 1.165) is 0 Å². The van der Waals surface area contributed by atoms with Gasteiger partial charge in [-0.1, -0.05) is 6.07 Å². The summed E-state index contributed by atoms with van der Waals surface area (Å²) in [5, 5.41) is 7.17. The van der Waals surface area contributed by atoms with Gasteiger partial charge in [-0.15, -0.1) is 0 Å². The van der Waals surface area contributed by atoms with Crippen molar-refractivity contribution in [3.8, 4) is 11.5 Å². The zero-order valence-electron chi connectivity index (χ0n) is 14.9. The molecule has 0 fully saturated rings. The Balaban J connectivity index is 2.12. The van der Waals surface area contributed by atoms with E-state index in [0.29, 0.717) is 22.8 Å². The predicted molar refractivity (Wildman–Crippen MR) is 90.7 cm³/mol. The smallest absolute Gasteiger partial charge is 0.387 e. The number of aromatic nitrogens is 3. The number of alkyl halides is 2. The fraction of sp³-hybridized carbons (Fsp3) is 0.353. The van der Waals surface area contributed by atoms with Gasteiger partial charge in [-0.3, -0.25) is 0 Å². The fourth-order valence-corrected chi connectivity index (χ4v) is 2.93. The molecule has 2 heterocycles. The highest BCUT2D eigenvalue weighted by atomic mass is 19.3. The fourth-order valence-electron chi connectivity index (χ4n) is 2.93. The highest BCUT2D eigenvalue weighted by Crippen LogP contribution is 2.39. The average Bonchev–Trinajstić information content (AvgIpc) is 3.09. The van der Waals surface area contributed by atoms with Crippen LogP contribution in [0.1, 0.15) is 25.5 Å². The lowest BCUT2D eigenvalue weighted by molar-refractivity contribution is -0.136. The first kappa shape index (κ1) is 18.6. The second-order valence-corrected chi connectivity index (χ2v) is 5.60. The van der Waals surface area contributed by atoms with Crippen LogP contribution in [0.15, 0.2) is 35.8 Å². The first-order valence-electron chi connectivity index (χ1n) is 8.13. The number of hydrogen-bond acceptors (Lipinski definition) is 7. The van der Waals surface area contributed by atoms with E-state index in [-0.39, 0.29) is 18.1 Å². The Morgan fingerprint density at radius 2 is 2.15 bits per heavy atom. The zero-order chi connectivity index (χ0) is 19.6. The van der Waals surface area contributed by atoms with Crippen molar-refractivity contribution in [1.29, 1.82) is 0 Å². The number of esters is 1. The molecule has 144 valence electrons. The molecule has 1 N–H and O–H groups in total. The number of benzene rings is 1. The van der Waals surface area contributed by atoms with Crippen LogP contribution in [0.4, 0.5) is 14.7 Å². The molecule has 0 spiro atoms. The molecule has 1 atom stereocenters. The highest BCUT2D eigenvalue weighted by Gasteiger charge is 2.34. The molecule has 2 aromatic rings. The first-order chi connectivity index (χ1) is 13.0. The minimum Gasteiger partial charge on any atom is -0.490 e. The van der Waals surface area contributed by atoms with Gasteiger partial charge in [0.2, 0.25) is 5.95 Å². The van der Waals surface area contributed by atoms with Gasteiger partial charge in [-0.25, -0.2) is 9.48 Å². The van der Waals surface area contributed by atoms with E-state index in [4.69, 9.17) is 9.47 Å². The predicted octanol–water partition coefficient (Wildman–Crippen LogP) is 2.74. The van der Waals surface area contributed by atoms with Gasteiger partial charge < -0.3 is 19.5 Å². The van der Waals surface area contributed by atoms with E-state index in [9.17, 15) is 13.6 Å². The Kier molecular flexibility index (Phi) is 5.24. The number of rotatable bonds is 6. The van der Waals surface area contributed by atoms with Gasteiger partial charge in [0.25, 0.3) is 0 Å². The van der Waals surface area contributed by atoms with Crippen molar-refractivity contribution in [3.63, 3.8) is 0 Å². The molecular weight excluding hydrogens is 362 g/mol. The van der Waals surface area contributed by atoms with Crippen LogP contribution in [-0.4, -0.2) is 41.1 Å². The lowest BCUT2D eigenvalue weighted by Gasteiger charge is -2.28. The van der Waals surface area contributed by atoms with Gasteiger partial charge in [-0.05, 0) is 31.5 Å². The summed E-state index contributed by atoms with van der Waals surface area (Å²) in [5.41, 5.74) is 1.45. The lowest BCUT2D eigenvalue weighted by atomic mass is 9.95. The average molecular weight is 380 g/mol. The highest BCUT2D eigenvalue weighted by molar-refractivity contribution is 5.92. The van der Waals surface area contributed by atoms with Gasteiger partial charge in [0.05, 0.1) is 19.3 Å². The number of anilines is 1. The number of hydrogen-bond donors (Lipinski definition) is 1. The molecule has 3 rings (SSSR count). The third-order valence-electron chi connectivity index (χ3n) is 4.00. The molecule has 27 heavy (non-hydrogen) atoms. The maximum absolute atomic E-state index is 12.6. The van der Waals surface area contributed by atoms with E-state index >= 15 is 0 Å². The first-order valence-corrected chi connectivity index (χ1v) is 8.13. The number of ether oxygens (including phenoxy) is 3. The molecule has 1 aliphatic heterocycles. The second kappa shape index (κ2) is 7.60. The summed E-state index contributed by atoms with van der Waals surface area (Å²) in [5.74, 6) is -0.0610. The van der Waals surface area contributed by atoms with Crippen molar-refractivity contribution in [2.45, 2.75) is 26.5 Å². The third kappa shape index (κ3) is 3.55. The molecule has 0 saturated carbocycles. The number of nitrogens with one attached hydrogen (secondary N) is 1. The number of carbonyl (C=O) groups is 1. The Bertz CT molecular complexity index is 882. The molecule has 0 amide bonds. The van der Waals surface area contributed by atoms with Crippen molar-refractivity contribution in [2.75, 3.05) is 19.0 Å². The van der Waals surface area contributed by atoms with Crippen LogP contribution in [0.25, 0.3) is 0 Å². The maximum Gasteiger partial charge on any atom is 0.387 e. The van der Waals surface area contributed by atoms with Crippen molar-refractivity contribution >= 4 is 11.9 Å². The minimum atomic E-state index is -2.98. The summed E-state index contributed by atoms with van der Waals surface area (Å²) in [6.45, 7) is 0.712. The van der Waals surface area contributed by atoms with Crippen LogP contribution >= 0.6 is 0 Å². The number of nitrogens with zero attached hydrogens (tertiary/aromatic N) is 3. The largest absolute Gasteiger partial charge is 0.490 e. The third-order valence-corrected chi connectivity index (χ3v) is 4.00. The normalized spacial score (nSPS) is 16.0. The Morgan fingerprint density at radius 1 is 1.37 bits per heavy atom. The van der Waals surface area contributed by atoms with Gasteiger partial charge in [-0.2, -0.15) is 18.9 Å². The van der Waals surface area contributed by atoms with Gasteiger partial charge >= 0.3 is 12.6 Å². The number of allylic oxidation sites excluding steroid dienone is 1. The summed E-state index contributed by atoms with van der Waals surface area (Å²) in [6, 6.07) is 3.81. The number of carbonyl (C=O) groups excluding carboxylic acids is 1. The van der Waals surface area contributed by atoms with E-state index < -0.39 is 18.6 Å². The van der Waals surface area contributed by atoms with Crippen LogP contribution in [0.3, 0.4) is 0 Å². The minimum absolute atomic E-state index is 0.0938. The Hall–Kier alpha value is -3.17. The van der Waals surface area contributed by atoms with E-state index in [1.165, 1.54) is 24.2 Å². The van der Waals surface area contributed by atoms with Crippen LogP contribution in [0.5, 0.6) is 11.5 Å². The van der Waals surface area contributed by atoms with E-state index in [1.54, 1.807) is 26.0 Å². The quantitative estimate of drug-likeness (QED) is 0.771. The molecule has 8 nitrogen and oxygen atoms in total. The van der Waals surface area contributed by atoms with Crippen LogP contribution in [-0.2, 0) is 9.53 Å². The summed E-state index contributed by atoms with van der Waals surface area (Å²) in [4.78, 5) is 16.5. The lowest BCUT2D eigenvalue weighted by Crippen LogP contribution is -2.29. The van der Waals surface area contributed by atoms with Crippen molar-refractivity contribution in [1.82, 2.24) is 14.8 Å².